The van der Waals surface area contributed by atoms with Gasteiger partial charge in [-0.05, 0) is 56.3 Å². The summed E-state index contributed by atoms with van der Waals surface area (Å²) in [5.74, 6) is 1.69. The van der Waals surface area contributed by atoms with Gasteiger partial charge >= 0.3 is 0 Å². The van der Waals surface area contributed by atoms with Crippen LogP contribution >= 0.6 is 0 Å². The van der Waals surface area contributed by atoms with Gasteiger partial charge in [-0.3, -0.25) is 0 Å². The molecule has 1 aromatic carbocycles. The third-order valence-electron chi connectivity index (χ3n) is 4.14. The lowest BCUT2D eigenvalue weighted by molar-refractivity contribution is 0.286. The van der Waals surface area contributed by atoms with Crippen LogP contribution in [0.15, 0.2) is 24.3 Å². The van der Waals surface area contributed by atoms with Gasteiger partial charge in [0.25, 0.3) is 0 Å². The van der Waals surface area contributed by atoms with Crippen molar-refractivity contribution in [3.63, 3.8) is 0 Å². The summed E-state index contributed by atoms with van der Waals surface area (Å²) in [5.41, 5.74) is 2.85. The lowest BCUT2D eigenvalue weighted by atomic mass is 9.99. The molecule has 0 aromatic heterocycles. The molecule has 1 atom stereocenters. The number of nitrogens with one attached hydrogen (secondary N) is 1. The van der Waals surface area contributed by atoms with Crippen molar-refractivity contribution in [2.24, 2.45) is 11.8 Å². The van der Waals surface area contributed by atoms with Crippen LogP contribution < -0.4 is 5.32 Å². The lowest BCUT2D eigenvalue weighted by Crippen LogP contribution is -2.32. The monoisotopic (exact) mass is 274 g/mol. The van der Waals surface area contributed by atoms with Crippen molar-refractivity contribution in [3.05, 3.63) is 35.4 Å². The molecule has 20 heavy (non-hydrogen) atoms. The van der Waals surface area contributed by atoms with Gasteiger partial charge in [0, 0.05) is 19.1 Å². The summed E-state index contributed by atoms with van der Waals surface area (Å²) in [6.07, 6.45) is 4.03. The molecule has 112 valence electrons. The van der Waals surface area contributed by atoms with Gasteiger partial charge in [0.05, 0.1) is 0 Å². The molecule has 2 nitrogen and oxygen atoms in total. The minimum absolute atomic E-state index is 0.437. The predicted molar refractivity (Wildman–Crippen MR) is 87.0 cm³/mol. The second-order valence-electron chi connectivity index (χ2n) is 6.85. The summed E-state index contributed by atoms with van der Waals surface area (Å²) in [6, 6.07) is 9.61. The average Bonchev–Trinajstić information content (AvgIpc) is 3.20. The molecule has 1 fully saturated rings. The van der Waals surface area contributed by atoms with Gasteiger partial charge in [-0.25, -0.2) is 0 Å². The number of hydrogen-bond acceptors (Lipinski definition) is 2. The number of hydrogen-bond donors (Lipinski definition) is 1. The van der Waals surface area contributed by atoms with Gasteiger partial charge < -0.3 is 10.2 Å². The van der Waals surface area contributed by atoms with E-state index in [0.29, 0.717) is 6.04 Å². The van der Waals surface area contributed by atoms with E-state index in [1.165, 1.54) is 36.9 Å². The normalized spacial score (nSPS) is 16.9. The van der Waals surface area contributed by atoms with E-state index in [4.69, 9.17) is 0 Å². The van der Waals surface area contributed by atoms with Crippen molar-refractivity contribution in [1.82, 2.24) is 10.2 Å². The van der Waals surface area contributed by atoms with Crippen LogP contribution in [0, 0.1) is 11.8 Å². The Morgan fingerprint density at radius 3 is 2.35 bits per heavy atom. The molecule has 1 saturated carbocycles. The summed E-state index contributed by atoms with van der Waals surface area (Å²) < 4.78 is 0. The highest BCUT2D eigenvalue weighted by Gasteiger charge is 2.23. The van der Waals surface area contributed by atoms with Crippen molar-refractivity contribution in [2.45, 2.75) is 39.2 Å². The first-order valence-corrected chi connectivity index (χ1v) is 8.03. The average molecular weight is 274 g/mol. The van der Waals surface area contributed by atoms with Crippen LogP contribution in [0.1, 0.15) is 43.9 Å². The number of likely N-dealkylation sites (N-methyl/N-ethyl adjacent to an activating group) is 2. The van der Waals surface area contributed by atoms with Crippen LogP contribution in [-0.4, -0.2) is 32.1 Å². The number of benzene rings is 1. The Balaban J connectivity index is 1.91. The highest BCUT2D eigenvalue weighted by molar-refractivity contribution is 5.25. The maximum atomic E-state index is 3.46. The van der Waals surface area contributed by atoms with Crippen LogP contribution in [0.3, 0.4) is 0 Å². The molecule has 0 amide bonds. The van der Waals surface area contributed by atoms with Gasteiger partial charge in [0.1, 0.15) is 0 Å². The molecule has 0 aliphatic heterocycles. The Hall–Kier alpha value is -0.860. The molecule has 0 heterocycles. The van der Waals surface area contributed by atoms with E-state index < -0.39 is 0 Å². The third-order valence-corrected chi connectivity index (χ3v) is 4.14. The molecular formula is C18H30N2. The Bertz CT molecular complexity index is 392. The van der Waals surface area contributed by atoms with E-state index in [-0.39, 0.29) is 0 Å². The number of rotatable bonds is 8. The molecule has 2 rings (SSSR count). The molecule has 0 saturated heterocycles. The highest BCUT2D eigenvalue weighted by atomic mass is 15.1. The molecule has 1 N–H and O–H groups in total. The Morgan fingerprint density at radius 1 is 1.20 bits per heavy atom. The van der Waals surface area contributed by atoms with E-state index in [2.05, 4.69) is 62.4 Å². The maximum Gasteiger partial charge on any atom is 0.0446 e. The summed E-state index contributed by atoms with van der Waals surface area (Å²) in [5, 5.41) is 3.46. The standard InChI is InChI=1S/C18H30N2/c1-14(2)11-15-7-9-17(10-8-15)18(19-3)13-20(4)12-16-5-6-16/h7-10,14,16,18-19H,5-6,11-13H2,1-4H3. The van der Waals surface area contributed by atoms with Crippen LogP contribution in [0.2, 0.25) is 0 Å². The minimum atomic E-state index is 0.437. The van der Waals surface area contributed by atoms with Crippen molar-refractivity contribution in [3.8, 4) is 0 Å². The number of nitrogens with zero attached hydrogens (tertiary/aromatic N) is 1. The predicted octanol–water partition coefficient (Wildman–Crippen LogP) is 3.49. The fourth-order valence-corrected chi connectivity index (χ4v) is 2.85. The highest BCUT2D eigenvalue weighted by Crippen LogP contribution is 2.29. The summed E-state index contributed by atoms with van der Waals surface area (Å²) in [7, 11) is 4.31. The fraction of sp³-hybridized carbons (Fsp3) is 0.667. The van der Waals surface area contributed by atoms with E-state index in [0.717, 1.165) is 18.4 Å². The second kappa shape index (κ2) is 7.24. The van der Waals surface area contributed by atoms with Crippen molar-refractivity contribution >= 4 is 0 Å². The first-order valence-electron chi connectivity index (χ1n) is 8.03. The summed E-state index contributed by atoms with van der Waals surface area (Å²) in [6.45, 7) is 6.90. The van der Waals surface area contributed by atoms with Gasteiger partial charge in [0.15, 0.2) is 0 Å². The fourth-order valence-electron chi connectivity index (χ4n) is 2.85. The molecule has 0 spiro atoms. The van der Waals surface area contributed by atoms with Crippen molar-refractivity contribution in [1.29, 1.82) is 0 Å². The Labute approximate surface area is 124 Å². The SMILES string of the molecule is CNC(CN(C)CC1CC1)c1ccc(CC(C)C)cc1. The van der Waals surface area contributed by atoms with Gasteiger partial charge in [0.2, 0.25) is 0 Å². The van der Waals surface area contributed by atoms with E-state index >= 15 is 0 Å². The molecule has 2 heteroatoms. The Morgan fingerprint density at radius 2 is 1.85 bits per heavy atom. The van der Waals surface area contributed by atoms with E-state index in [9.17, 15) is 0 Å². The molecular weight excluding hydrogens is 244 g/mol. The first kappa shape index (κ1) is 15.5. The summed E-state index contributed by atoms with van der Waals surface area (Å²) in [4.78, 5) is 2.47. The van der Waals surface area contributed by atoms with Crippen LogP contribution in [0.4, 0.5) is 0 Å². The molecule has 1 aliphatic rings. The first-order chi connectivity index (χ1) is 9.58. The molecule has 1 aromatic rings. The van der Waals surface area contributed by atoms with Gasteiger partial charge in [-0.1, -0.05) is 38.1 Å². The van der Waals surface area contributed by atoms with Crippen LogP contribution in [0.25, 0.3) is 0 Å². The third kappa shape index (κ3) is 4.92. The van der Waals surface area contributed by atoms with E-state index in [1.54, 1.807) is 0 Å². The smallest absolute Gasteiger partial charge is 0.0446 e. The van der Waals surface area contributed by atoms with Gasteiger partial charge in [-0.2, -0.15) is 0 Å². The van der Waals surface area contributed by atoms with Crippen LogP contribution in [0.5, 0.6) is 0 Å². The minimum Gasteiger partial charge on any atom is -0.312 e. The maximum absolute atomic E-state index is 3.46. The largest absolute Gasteiger partial charge is 0.312 e. The van der Waals surface area contributed by atoms with E-state index in [1.807, 2.05) is 0 Å². The molecule has 0 radical (unpaired) electrons. The Kier molecular flexibility index (Phi) is 5.62. The molecule has 0 bridgehead atoms. The molecule has 1 aliphatic carbocycles. The summed E-state index contributed by atoms with van der Waals surface area (Å²) >= 11 is 0. The zero-order chi connectivity index (χ0) is 14.5. The second-order valence-corrected chi connectivity index (χ2v) is 6.85. The topological polar surface area (TPSA) is 15.3 Å². The zero-order valence-electron chi connectivity index (χ0n) is 13.5. The van der Waals surface area contributed by atoms with Crippen molar-refractivity contribution in [2.75, 3.05) is 27.2 Å². The van der Waals surface area contributed by atoms with Gasteiger partial charge in [-0.15, -0.1) is 0 Å². The van der Waals surface area contributed by atoms with Crippen LogP contribution in [-0.2, 0) is 6.42 Å². The van der Waals surface area contributed by atoms with Crippen molar-refractivity contribution < 1.29 is 0 Å². The quantitative estimate of drug-likeness (QED) is 0.780. The zero-order valence-corrected chi connectivity index (χ0v) is 13.5. The molecule has 1 unspecified atom stereocenters. The lowest BCUT2D eigenvalue weighted by Gasteiger charge is -2.24.